The van der Waals surface area contributed by atoms with Crippen LogP contribution in [-0.2, 0) is 4.74 Å². The normalized spacial score (nSPS) is 19.2. The van der Waals surface area contributed by atoms with Gasteiger partial charge in [0.2, 0.25) is 0 Å². The van der Waals surface area contributed by atoms with Gasteiger partial charge in [-0.3, -0.25) is 0 Å². The van der Waals surface area contributed by atoms with Crippen LogP contribution in [-0.4, -0.2) is 37.0 Å². The molecule has 1 fully saturated rings. The highest BCUT2D eigenvalue weighted by Crippen LogP contribution is 2.28. The largest absolute Gasteiger partial charge is 0.394 e. The summed E-state index contributed by atoms with van der Waals surface area (Å²) in [6.07, 6.45) is 7.10. The van der Waals surface area contributed by atoms with Crippen LogP contribution in [0, 0.1) is 5.92 Å². The Morgan fingerprint density at radius 1 is 1.35 bits per heavy atom. The van der Waals surface area contributed by atoms with Gasteiger partial charge < -0.3 is 15.2 Å². The Hall–Kier alpha value is -0.120. The third-order valence-electron chi connectivity index (χ3n) is 3.47. The summed E-state index contributed by atoms with van der Waals surface area (Å²) in [5.74, 6) is 0.865. The van der Waals surface area contributed by atoms with Gasteiger partial charge in [-0.15, -0.1) is 0 Å². The summed E-state index contributed by atoms with van der Waals surface area (Å²) in [5, 5.41) is 12.8. The molecule has 0 saturated heterocycles. The minimum absolute atomic E-state index is 0.105. The number of hydrogen-bond acceptors (Lipinski definition) is 3. The second-order valence-electron chi connectivity index (χ2n) is 5.62. The van der Waals surface area contributed by atoms with E-state index in [-0.39, 0.29) is 12.1 Å². The van der Waals surface area contributed by atoms with Gasteiger partial charge in [0.15, 0.2) is 0 Å². The predicted molar refractivity (Wildman–Crippen MR) is 71.2 cm³/mol. The molecule has 102 valence electrons. The minimum atomic E-state index is -0.105. The van der Waals surface area contributed by atoms with Gasteiger partial charge in [0, 0.05) is 18.8 Å². The summed E-state index contributed by atoms with van der Waals surface area (Å²) in [7, 11) is 0. The lowest BCUT2D eigenvalue weighted by Gasteiger charge is -2.28. The lowest BCUT2D eigenvalue weighted by molar-refractivity contribution is 0.114. The van der Waals surface area contributed by atoms with Crippen molar-refractivity contribution in [3.05, 3.63) is 0 Å². The van der Waals surface area contributed by atoms with Gasteiger partial charge >= 0.3 is 0 Å². The number of aliphatic hydroxyl groups is 1. The molecule has 0 aromatic carbocycles. The molecule has 1 aliphatic rings. The standard InChI is InChI=1S/C14H29NO2/c1-3-9-15-14(2,12-16)8-4-5-10-17-11-13-6-7-13/h13,15-16H,3-12H2,1-2H3. The van der Waals surface area contributed by atoms with E-state index in [1.807, 2.05) is 0 Å². The Bertz CT molecular complexity index is 195. The highest BCUT2D eigenvalue weighted by atomic mass is 16.5. The zero-order valence-electron chi connectivity index (χ0n) is 11.5. The summed E-state index contributed by atoms with van der Waals surface area (Å²) in [4.78, 5) is 0. The van der Waals surface area contributed by atoms with Gasteiger partial charge in [-0.1, -0.05) is 6.92 Å². The number of ether oxygens (including phenoxy) is 1. The maximum absolute atomic E-state index is 9.40. The molecule has 0 aromatic heterocycles. The first kappa shape index (κ1) is 14.9. The molecule has 0 bridgehead atoms. The van der Waals surface area contributed by atoms with Crippen molar-refractivity contribution < 1.29 is 9.84 Å². The average Bonchev–Trinajstić information content (AvgIpc) is 3.15. The lowest BCUT2D eigenvalue weighted by atomic mass is 9.95. The van der Waals surface area contributed by atoms with Crippen LogP contribution < -0.4 is 5.32 Å². The summed E-state index contributed by atoms with van der Waals surface area (Å²) in [6, 6.07) is 0. The topological polar surface area (TPSA) is 41.5 Å². The van der Waals surface area contributed by atoms with E-state index in [1.54, 1.807) is 0 Å². The first-order valence-corrected chi connectivity index (χ1v) is 7.14. The van der Waals surface area contributed by atoms with Gasteiger partial charge in [-0.05, 0) is 57.9 Å². The van der Waals surface area contributed by atoms with Crippen LogP contribution in [0.2, 0.25) is 0 Å². The maximum atomic E-state index is 9.40. The highest BCUT2D eigenvalue weighted by molar-refractivity contribution is 4.81. The van der Waals surface area contributed by atoms with Crippen molar-refractivity contribution in [3.63, 3.8) is 0 Å². The van der Waals surface area contributed by atoms with Crippen LogP contribution >= 0.6 is 0 Å². The summed E-state index contributed by atoms with van der Waals surface area (Å²) in [5.41, 5.74) is -0.105. The zero-order chi connectivity index (χ0) is 12.6. The fraction of sp³-hybridized carbons (Fsp3) is 1.00. The second kappa shape index (κ2) is 8.06. The van der Waals surface area contributed by atoms with Crippen molar-refractivity contribution in [1.29, 1.82) is 0 Å². The molecule has 3 heteroatoms. The van der Waals surface area contributed by atoms with Gasteiger partial charge in [-0.25, -0.2) is 0 Å². The number of hydrogen-bond donors (Lipinski definition) is 2. The van der Waals surface area contributed by atoms with Crippen molar-refractivity contribution in [3.8, 4) is 0 Å². The van der Waals surface area contributed by atoms with Crippen LogP contribution in [0.1, 0.15) is 52.4 Å². The fourth-order valence-electron chi connectivity index (χ4n) is 1.90. The van der Waals surface area contributed by atoms with Crippen LogP contribution in [0.5, 0.6) is 0 Å². The Kier molecular flexibility index (Phi) is 7.09. The summed E-state index contributed by atoms with van der Waals surface area (Å²) < 4.78 is 5.60. The molecule has 1 unspecified atom stereocenters. The van der Waals surface area contributed by atoms with Crippen LogP contribution in [0.15, 0.2) is 0 Å². The molecular weight excluding hydrogens is 214 g/mol. The van der Waals surface area contributed by atoms with Crippen LogP contribution in [0.4, 0.5) is 0 Å². The molecule has 0 spiro atoms. The predicted octanol–water partition coefficient (Wildman–Crippen LogP) is 2.33. The lowest BCUT2D eigenvalue weighted by Crippen LogP contribution is -2.46. The molecule has 0 aliphatic heterocycles. The van der Waals surface area contributed by atoms with E-state index in [9.17, 15) is 5.11 Å². The van der Waals surface area contributed by atoms with E-state index in [0.29, 0.717) is 0 Å². The Morgan fingerprint density at radius 3 is 2.71 bits per heavy atom. The van der Waals surface area contributed by atoms with Crippen molar-refractivity contribution in [2.45, 2.75) is 57.9 Å². The molecule has 0 amide bonds. The SMILES string of the molecule is CCCNC(C)(CO)CCCCOCC1CC1. The zero-order valence-corrected chi connectivity index (χ0v) is 11.5. The van der Waals surface area contributed by atoms with Gasteiger partial charge in [0.05, 0.1) is 6.61 Å². The first-order valence-electron chi connectivity index (χ1n) is 7.14. The van der Waals surface area contributed by atoms with Gasteiger partial charge in [0.1, 0.15) is 0 Å². The Balaban J connectivity index is 1.97. The average molecular weight is 243 g/mol. The number of aliphatic hydroxyl groups excluding tert-OH is 1. The molecule has 1 aliphatic carbocycles. The Labute approximate surface area is 106 Å². The monoisotopic (exact) mass is 243 g/mol. The quantitative estimate of drug-likeness (QED) is 0.547. The van der Waals surface area contributed by atoms with Crippen molar-refractivity contribution in [2.75, 3.05) is 26.4 Å². The fourth-order valence-corrected chi connectivity index (χ4v) is 1.90. The van der Waals surface area contributed by atoms with E-state index in [1.165, 1.54) is 12.8 Å². The highest BCUT2D eigenvalue weighted by Gasteiger charge is 2.22. The van der Waals surface area contributed by atoms with Crippen LogP contribution in [0.3, 0.4) is 0 Å². The first-order chi connectivity index (χ1) is 8.20. The molecule has 0 heterocycles. The van der Waals surface area contributed by atoms with Crippen molar-refractivity contribution in [2.24, 2.45) is 5.92 Å². The van der Waals surface area contributed by atoms with Gasteiger partial charge in [0.25, 0.3) is 0 Å². The second-order valence-corrected chi connectivity index (χ2v) is 5.62. The maximum Gasteiger partial charge on any atom is 0.0610 e. The molecule has 1 atom stereocenters. The number of nitrogens with one attached hydrogen (secondary N) is 1. The third kappa shape index (κ3) is 7.02. The smallest absolute Gasteiger partial charge is 0.0610 e. The van der Waals surface area contributed by atoms with E-state index >= 15 is 0 Å². The van der Waals surface area contributed by atoms with Gasteiger partial charge in [-0.2, -0.15) is 0 Å². The number of rotatable bonds is 11. The Morgan fingerprint density at radius 2 is 2.12 bits per heavy atom. The number of unbranched alkanes of at least 4 members (excludes halogenated alkanes) is 1. The van der Waals surface area contributed by atoms with Crippen molar-refractivity contribution in [1.82, 2.24) is 5.32 Å². The molecule has 0 radical (unpaired) electrons. The van der Waals surface area contributed by atoms with E-state index in [2.05, 4.69) is 19.2 Å². The molecule has 1 rings (SSSR count). The summed E-state index contributed by atoms with van der Waals surface area (Å²) >= 11 is 0. The van der Waals surface area contributed by atoms with E-state index in [0.717, 1.165) is 51.4 Å². The molecular formula is C14H29NO2. The minimum Gasteiger partial charge on any atom is -0.394 e. The molecule has 3 nitrogen and oxygen atoms in total. The van der Waals surface area contributed by atoms with Crippen LogP contribution in [0.25, 0.3) is 0 Å². The molecule has 2 N–H and O–H groups in total. The third-order valence-corrected chi connectivity index (χ3v) is 3.47. The molecule has 17 heavy (non-hydrogen) atoms. The molecule has 1 saturated carbocycles. The summed E-state index contributed by atoms with van der Waals surface area (Å²) in [6.45, 7) is 7.30. The van der Waals surface area contributed by atoms with E-state index in [4.69, 9.17) is 4.74 Å². The van der Waals surface area contributed by atoms with E-state index < -0.39 is 0 Å². The molecule has 0 aromatic rings. The van der Waals surface area contributed by atoms with Crippen molar-refractivity contribution >= 4 is 0 Å².